The minimum Gasteiger partial charge on any atom is -0.339 e. The summed E-state index contributed by atoms with van der Waals surface area (Å²) < 4.78 is 17.6. The fourth-order valence-corrected chi connectivity index (χ4v) is 3.49. The van der Waals surface area contributed by atoms with Gasteiger partial charge in [0.25, 0.3) is 0 Å². The van der Waals surface area contributed by atoms with Crippen molar-refractivity contribution in [1.82, 2.24) is 29.3 Å². The molecule has 1 aliphatic heterocycles. The van der Waals surface area contributed by atoms with Crippen LogP contribution in [0, 0.1) is 5.82 Å². The van der Waals surface area contributed by atoms with Gasteiger partial charge in [0.05, 0.1) is 30.0 Å². The summed E-state index contributed by atoms with van der Waals surface area (Å²) in [7, 11) is 1.84. The Morgan fingerprint density at radius 2 is 2.04 bits per heavy atom. The first-order valence-electron chi connectivity index (χ1n) is 8.51. The van der Waals surface area contributed by atoms with E-state index < -0.39 is 0 Å². The molecule has 4 heterocycles. The Morgan fingerprint density at radius 3 is 2.69 bits per heavy atom. The summed E-state index contributed by atoms with van der Waals surface area (Å²) in [5.41, 5.74) is 2.65. The predicted molar refractivity (Wildman–Crippen MR) is 93.9 cm³/mol. The average molecular weight is 354 g/mol. The number of aromatic nitrogens is 5. The van der Waals surface area contributed by atoms with Crippen LogP contribution in [-0.2, 0) is 11.8 Å². The Labute approximate surface area is 149 Å². The van der Waals surface area contributed by atoms with Crippen LogP contribution < -0.4 is 0 Å². The molecule has 1 amide bonds. The van der Waals surface area contributed by atoms with Gasteiger partial charge in [-0.3, -0.25) is 9.48 Å². The van der Waals surface area contributed by atoms with E-state index in [9.17, 15) is 9.18 Å². The van der Waals surface area contributed by atoms with Crippen molar-refractivity contribution in [2.75, 3.05) is 13.1 Å². The van der Waals surface area contributed by atoms with Crippen LogP contribution in [0.2, 0.25) is 0 Å². The van der Waals surface area contributed by atoms with E-state index in [1.165, 1.54) is 12.3 Å². The van der Waals surface area contributed by atoms with Crippen molar-refractivity contribution in [3.05, 3.63) is 49.0 Å². The summed E-state index contributed by atoms with van der Waals surface area (Å²) in [5, 5.41) is 8.30. The quantitative estimate of drug-likeness (QED) is 0.676. The van der Waals surface area contributed by atoms with Crippen LogP contribution in [0.15, 0.2) is 37.4 Å². The number of hydrogen-bond donors (Lipinski definition) is 0. The monoisotopic (exact) mass is 354 g/mol. The van der Waals surface area contributed by atoms with E-state index in [0.29, 0.717) is 30.0 Å². The lowest BCUT2D eigenvalue weighted by atomic mass is 9.92. The third-order valence-corrected chi connectivity index (χ3v) is 4.85. The summed E-state index contributed by atoms with van der Waals surface area (Å²) >= 11 is 0. The number of carbonyl (C=O) groups excluding carboxylic acids is 1. The second-order valence-electron chi connectivity index (χ2n) is 6.50. The third kappa shape index (κ3) is 2.77. The van der Waals surface area contributed by atoms with Crippen LogP contribution in [0.4, 0.5) is 4.39 Å². The molecule has 4 rings (SSSR count). The second kappa shape index (κ2) is 6.36. The summed E-state index contributed by atoms with van der Waals surface area (Å²) in [5.74, 6) is -0.384. The van der Waals surface area contributed by atoms with E-state index in [0.717, 1.165) is 18.4 Å². The van der Waals surface area contributed by atoms with Gasteiger partial charge in [0.2, 0.25) is 5.91 Å². The Hall–Kier alpha value is -3.03. The maximum atomic E-state index is 14.3. The highest BCUT2D eigenvalue weighted by Gasteiger charge is 2.27. The van der Waals surface area contributed by atoms with Gasteiger partial charge >= 0.3 is 0 Å². The zero-order valence-electron chi connectivity index (χ0n) is 14.5. The van der Waals surface area contributed by atoms with E-state index in [2.05, 4.69) is 16.8 Å². The minimum atomic E-state index is -0.380. The molecule has 0 aromatic carbocycles. The van der Waals surface area contributed by atoms with Gasteiger partial charge in [-0.05, 0) is 18.9 Å². The van der Waals surface area contributed by atoms with Crippen LogP contribution in [-0.4, -0.2) is 48.3 Å². The first-order chi connectivity index (χ1) is 12.6. The Kier molecular flexibility index (Phi) is 4.02. The number of hydrogen-bond acceptors (Lipinski definition) is 4. The molecule has 1 aliphatic rings. The van der Waals surface area contributed by atoms with Crippen molar-refractivity contribution in [3.63, 3.8) is 0 Å². The molecule has 8 heteroatoms. The third-order valence-electron chi connectivity index (χ3n) is 4.85. The van der Waals surface area contributed by atoms with Crippen LogP contribution in [0.25, 0.3) is 16.8 Å². The molecule has 0 spiro atoms. The lowest BCUT2D eigenvalue weighted by molar-refractivity contribution is -0.127. The molecule has 0 aliphatic carbocycles. The maximum absolute atomic E-state index is 14.3. The van der Waals surface area contributed by atoms with Gasteiger partial charge in [0, 0.05) is 37.8 Å². The van der Waals surface area contributed by atoms with Crippen molar-refractivity contribution in [2.45, 2.75) is 18.8 Å². The molecule has 134 valence electrons. The highest BCUT2D eigenvalue weighted by Crippen LogP contribution is 2.32. The molecule has 0 atom stereocenters. The number of rotatable bonds is 3. The van der Waals surface area contributed by atoms with Gasteiger partial charge < -0.3 is 4.90 Å². The zero-order chi connectivity index (χ0) is 18.3. The summed E-state index contributed by atoms with van der Waals surface area (Å²) in [4.78, 5) is 18.3. The molecule has 1 fully saturated rings. The fourth-order valence-electron chi connectivity index (χ4n) is 3.49. The molecular formula is C18H19FN6O. The van der Waals surface area contributed by atoms with E-state index in [1.807, 2.05) is 13.2 Å². The molecule has 0 radical (unpaired) electrons. The second-order valence-corrected chi connectivity index (χ2v) is 6.50. The van der Waals surface area contributed by atoms with Gasteiger partial charge in [-0.2, -0.15) is 10.2 Å². The van der Waals surface area contributed by atoms with Crippen LogP contribution in [0.3, 0.4) is 0 Å². The number of carbonyl (C=O) groups is 1. The number of piperidine rings is 1. The molecule has 7 nitrogen and oxygen atoms in total. The first kappa shape index (κ1) is 16.4. The van der Waals surface area contributed by atoms with Gasteiger partial charge in [-0.15, -0.1) is 0 Å². The van der Waals surface area contributed by atoms with Crippen LogP contribution in [0.1, 0.15) is 24.5 Å². The van der Waals surface area contributed by atoms with Gasteiger partial charge in [-0.1, -0.05) is 6.58 Å². The molecule has 0 N–H and O–H groups in total. The highest BCUT2D eigenvalue weighted by atomic mass is 19.1. The lowest BCUT2D eigenvalue weighted by Gasteiger charge is -2.31. The summed E-state index contributed by atoms with van der Waals surface area (Å²) in [6.45, 7) is 4.75. The Bertz CT molecular complexity index is 983. The topological polar surface area (TPSA) is 68.3 Å². The minimum absolute atomic E-state index is 0.0641. The summed E-state index contributed by atoms with van der Waals surface area (Å²) in [6.07, 6.45) is 9.30. The summed E-state index contributed by atoms with van der Waals surface area (Å²) in [6, 6.07) is 0. The normalized spacial score (nSPS) is 15.5. The smallest absolute Gasteiger partial charge is 0.245 e. The Morgan fingerprint density at radius 1 is 1.27 bits per heavy atom. The molecule has 1 saturated heterocycles. The van der Waals surface area contributed by atoms with Crippen molar-refractivity contribution < 1.29 is 9.18 Å². The largest absolute Gasteiger partial charge is 0.339 e. The predicted octanol–water partition coefficient (Wildman–Crippen LogP) is 2.16. The molecule has 0 saturated carbocycles. The number of nitrogens with zero attached hydrogens (tertiary/aromatic N) is 6. The molecular weight excluding hydrogens is 335 g/mol. The number of halogens is 1. The molecule has 3 aromatic heterocycles. The number of likely N-dealkylation sites (tertiary alicyclic amines) is 1. The van der Waals surface area contributed by atoms with Gasteiger partial charge in [0.1, 0.15) is 5.52 Å². The molecule has 3 aromatic rings. The fraction of sp³-hybridized carbons (Fsp3) is 0.333. The first-order valence-corrected chi connectivity index (χ1v) is 8.51. The van der Waals surface area contributed by atoms with E-state index >= 15 is 0 Å². The molecule has 0 unspecified atom stereocenters. The maximum Gasteiger partial charge on any atom is 0.245 e. The highest BCUT2D eigenvalue weighted by molar-refractivity contribution is 5.87. The Balaban J connectivity index is 1.73. The SMILES string of the molecule is C=CC(=O)N1CCC(c2nc(-c3cnn(C)c3)cn3ncc(F)c23)CC1. The number of fused-ring (bicyclic) bond motifs is 1. The zero-order valence-corrected chi connectivity index (χ0v) is 14.5. The van der Waals surface area contributed by atoms with Crippen molar-refractivity contribution in [3.8, 4) is 11.3 Å². The van der Waals surface area contributed by atoms with Crippen LogP contribution >= 0.6 is 0 Å². The van der Waals surface area contributed by atoms with Crippen molar-refractivity contribution in [1.29, 1.82) is 0 Å². The standard InChI is InChI=1S/C18H19FN6O/c1-3-16(26)24-6-4-12(5-7-24)17-18-14(19)9-21-25(18)11-15(22-17)13-8-20-23(2)10-13/h3,8-12H,1,4-7H2,2H3. The molecule has 0 bridgehead atoms. The molecule has 26 heavy (non-hydrogen) atoms. The number of amides is 1. The van der Waals surface area contributed by atoms with Crippen LogP contribution in [0.5, 0.6) is 0 Å². The lowest BCUT2D eigenvalue weighted by Crippen LogP contribution is -2.37. The van der Waals surface area contributed by atoms with Crippen molar-refractivity contribution in [2.24, 2.45) is 7.05 Å². The average Bonchev–Trinajstić information content (AvgIpc) is 3.26. The van der Waals surface area contributed by atoms with Gasteiger partial charge in [0.15, 0.2) is 5.82 Å². The number of aryl methyl sites for hydroxylation is 1. The van der Waals surface area contributed by atoms with E-state index in [-0.39, 0.29) is 17.6 Å². The van der Waals surface area contributed by atoms with Crippen molar-refractivity contribution >= 4 is 11.4 Å². The van der Waals surface area contributed by atoms with E-state index in [1.54, 1.807) is 26.5 Å². The van der Waals surface area contributed by atoms with Gasteiger partial charge in [-0.25, -0.2) is 13.9 Å². The van der Waals surface area contributed by atoms with E-state index in [4.69, 9.17) is 4.98 Å².